The molecule has 0 radical (unpaired) electrons. The number of hydrogen-bond acceptors (Lipinski definition) is 13. The number of H-pyrrole nitrogens is 2. The zero-order chi connectivity index (χ0) is 56.9. The Bertz CT molecular complexity index is 4090. The zero-order valence-electron chi connectivity index (χ0n) is 43.8. The lowest BCUT2D eigenvalue weighted by Crippen LogP contribution is -2.37. The van der Waals surface area contributed by atoms with Crippen LogP contribution in [0.2, 0.25) is 0 Å². The van der Waals surface area contributed by atoms with Gasteiger partial charge in [0, 0.05) is 34.6 Å². The van der Waals surface area contributed by atoms with Crippen LogP contribution in [0.25, 0.3) is 55.4 Å². The maximum Gasteiger partial charge on any atom is 0.329 e. The van der Waals surface area contributed by atoms with Gasteiger partial charge >= 0.3 is 23.3 Å². The van der Waals surface area contributed by atoms with E-state index in [1.165, 1.54) is 36.4 Å². The van der Waals surface area contributed by atoms with Crippen LogP contribution in [0.5, 0.6) is 11.5 Å². The van der Waals surface area contributed by atoms with Crippen molar-refractivity contribution in [1.29, 1.82) is 0 Å². The summed E-state index contributed by atoms with van der Waals surface area (Å²) >= 11 is 0. The number of benzene rings is 4. The summed E-state index contributed by atoms with van der Waals surface area (Å²) in [5.74, 6) is -2.25. The van der Waals surface area contributed by atoms with E-state index in [9.17, 15) is 48.6 Å². The first-order valence-electron chi connectivity index (χ1n) is 25.6. The molecule has 0 aliphatic rings. The van der Waals surface area contributed by atoms with Crippen molar-refractivity contribution in [2.45, 2.75) is 26.9 Å². The van der Waals surface area contributed by atoms with Crippen LogP contribution >= 0.6 is 0 Å². The van der Waals surface area contributed by atoms with Gasteiger partial charge in [0.05, 0.1) is 95.0 Å². The van der Waals surface area contributed by atoms with Gasteiger partial charge < -0.3 is 52.7 Å². The van der Waals surface area contributed by atoms with E-state index in [1.54, 1.807) is 0 Å². The number of fused-ring (bicyclic) bond motifs is 4. The van der Waals surface area contributed by atoms with Gasteiger partial charge in [0.2, 0.25) is 0 Å². The quantitative estimate of drug-likeness (QED) is 0.0383. The lowest BCUT2D eigenvalue weighted by molar-refractivity contribution is -0.138. The molecule has 21 nitrogen and oxygen atoms in total. The Labute approximate surface area is 458 Å². The monoisotopic (exact) mass is 1100 g/mol. The van der Waals surface area contributed by atoms with Gasteiger partial charge in [-0.25, -0.2) is 18.7 Å². The van der Waals surface area contributed by atoms with Gasteiger partial charge in [0.25, 0.3) is 11.1 Å². The Balaban J connectivity index is 0.678. The van der Waals surface area contributed by atoms with E-state index in [4.69, 9.17) is 23.7 Å². The van der Waals surface area contributed by atoms with Crippen LogP contribution < -0.4 is 32.0 Å². The zero-order valence-corrected chi connectivity index (χ0v) is 43.8. The first kappa shape index (κ1) is 54.4. The molecule has 10 aromatic rings. The summed E-state index contributed by atoms with van der Waals surface area (Å²) in [5, 5.41) is 18.5. The minimum Gasteiger partial charge on any atom is -0.491 e. The predicted molar refractivity (Wildman–Crippen MR) is 298 cm³/mol. The van der Waals surface area contributed by atoms with Crippen LogP contribution in [-0.2, 0) is 36.9 Å². The van der Waals surface area contributed by atoms with Crippen LogP contribution in [0, 0.1) is 13.8 Å². The summed E-state index contributed by atoms with van der Waals surface area (Å²) in [5.41, 5.74) is 3.97. The van der Waals surface area contributed by atoms with Crippen molar-refractivity contribution < 1.29 is 53.1 Å². The van der Waals surface area contributed by atoms with E-state index in [1.807, 2.05) is 120 Å². The summed E-state index contributed by atoms with van der Waals surface area (Å²) in [7, 11) is 0. The molecule has 0 fully saturated rings. The van der Waals surface area contributed by atoms with Crippen molar-refractivity contribution in [3.8, 4) is 34.0 Å². The first-order valence-corrected chi connectivity index (χ1v) is 25.6. The largest absolute Gasteiger partial charge is 0.491 e. The van der Waals surface area contributed by atoms with E-state index in [0.717, 1.165) is 22.5 Å². The Hall–Kier alpha value is -9.96. The smallest absolute Gasteiger partial charge is 0.329 e. The molecule has 10 rings (SSSR count). The van der Waals surface area contributed by atoms with E-state index in [0.29, 0.717) is 93.6 Å². The summed E-state index contributed by atoms with van der Waals surface area (Å²) in [6.45, 7) is 4.51. The van der Waals surface area contributed by atoms with Crippen molar-refractivity contribution in [2.24, 2.45) is 0 Å². The fourth-order valence-corrected chi connectivity index (χ4v) is 10.0. The van der Waals surface area contributed by atoms with Gasteiger partial charge in [-0.2, -0.15) is 0 Å². The molecule has 0 amide bonds. The van der Waals surface area contributed by atoms with Gasteiger partial charge in [0.1, 0.15) is 37.8 Å². The van der Waals surface area contributed by atoms with E-state index < -0.39 is 47.5 Å². The molecule has 0 saturated heterocycles. The molecule has 412 valence electrons. The molecule has 0 aliphatic carbocycles. The summed E-state index contributed by atoms with van der Waals surface area (Å²) < 4.78 is 34.3. The fraction of sp³-hybridized carbons (Fsp3) is 0.200. The van der Waals surface area contributed by atoms with Gasteiger partial charge in [-0.3, -0.25) is 28.8 Å². The average Bonchev–Trinajstić information content (AvgIpc) is 4.16. The third kappa shape index (κ3) is 11.2. The molecule has 4 N–H and O–H groups in total. The van der Waals surface area contributed by atoms with E-state index in [-0.39, 0.29) is 57.7 Å². The molecule has 81 heavy (non-hydrogen) atoms. The molecule has 21 heteroatoms. The molecule has 6 aromatic heterocycles. The minimum absolute atomic E-state index is 0.00895. The molecule has 0 spiro atoms. The Morgan fingerprint density at radius 1 is 0.469 bits per heavy atom. The van der Waals surface area contributed by atoms with Gasteiger partial charge in [-0.1, -0.05) is 36.4 Å². The maximum atomic E-state index is 14.3. The highest BCUT2D eigenvalue weighted by atomic mass is 16.6. The second-order valence-electron chi connectivity index (χ2n) is 18.8. The first-order chi connectivity index (χ1) is 39.2. The SMILES string of the molecule is Cc1c(C(=O)c2ccc3[nH]c(=O)n(CC(=O)O)c(=O)c3c2)c2ccccn2c1-c1cccc(OCCOCCOCCOCCOc2cccc(-c3c(C)c(C(=O)c4ccc5[nH]c(=O)n(CC(=O)O)c(=O)c5c4)c4ccccn34)c2)c1. The topological polar surface area (TPSA) is 273 Å². The molecular formula is C60H52N6O15. The number of rotatable bonds is 24. The number of ketones is 2. The van der Waals surface area contributed by atoms with Crippen molar-refractivity contribution in [2.75, 3.05) is 52.9 Å². The van der Waals surface area contributed by atoms with E-state index >= 15 is 0 Å². The van der Waals surface area contributed by atoms with Crippen molar-refractivity contribution in [3.05, 3.63) is 209 Å². The Morgan fingerprint density at radius 3 is 1.26 bits per heavy atom. The molecule has 0 unspecified atom stereocenters. The van der Waals surface area contributed by atoms with Crippen LogP contribution in [0.1, 0.15) is 43.0 Å². The van der Waals surface area contributed by atoms with Crippen LogP contribution in [0.15, 0.2) is 153 Å². The summed E-state index contributed by atoms with van der Waals surface area (Å²) in [4.78, 5) is 107. The number of nitrogens with one attached hydrogen (secondary N) is 2. The number of pyridine rings is 2. The second-order valence-corrected chi connectivity index (χ2v) is 18.8. The van der Waals surface area contributed by atoms with Gasteiger partial charge in [-0.05, 0) is 110 Å². The summed E-state index contributed by atoms with van der Waals surface area (Å²) in [6.07, 6.45) is 3.71. The molecule has 0 aliphatic heterocycles. The van der Waals surface area contributed by atoms with Crippen LogP contribution in [0.4, 0.5) is 0 Å². The molecular weight excluding hydrogens is 1040 g/mol. The third-order valence-electron chi connectivity index (χ3n) is 13.7. The lowest BCUT2D eigenvalue weighted by atomic mass is 9.97. The van der Waals surface area contributed by atoms with Gasteiger partial charge in [-0.15, -0.1) is 0 Å². The fourth-order valence-electron chi connectivity index (χ4n) is 10.0. The van der Waals surface area contributed by atoms with Crippen LogP contribution in [0.3, 0.4) is 0 Å². The number of hydrogen-bond donors (Lipinski definition) is 4. The van der Waals surface area contributed by atoms with Crippen molar-refractivity contribution in [1.82, 2.24) is 27.9 Å². The van der Waals surface area contributed by atoms with Gasteiger partial charge in [0.15, 0.2) is 11.6 Å². The number of ether oxygens (including phenoxy) is 5. The number of nitrogens with zero attached hydrogens (tertiary/aromatic N) is 4. The molecule has 0 bridgehead atoms. The van der Waals surface area contributed by atoms with E-state index in [2.05, 4.69) is 9.97 Å². The second kappa shape index (κ2) is 23.6. The predicted octanol–water partition coefficient (Wildman–Crippen LogP) is 6.29. The van der Waals surface area contributed by atoms with Crippen LogP contribution in [-0.4, -0.2) is 114 Å². The lowest BCUT2D eigenvalue weighted by Gasteiger charge is -2.11. The minimum atomic E-state index is -1.36. The average molecular weight is 1100 g/mol. The number of aromatic amines is 2. The number of aliphatic carboxylic acids is 2. The standard InChI is InChI=1S/C60H52N6O15/c1-35-51(55(71)39-15-17-45-43(31-39)57(73)65(33-49(67)68)59(75)61-45)47-13-3-5-19-63(47)53(35)37-9-7-11-41(29-37)80-27-25-78-23-21-77-22-24-79-26-28-81-42-12-8-10-38(30-42)54-36(2)52(48-14-4-6-20-64(48)54)56(72)40-16-18-46-44(32-40)58(74)66(34-50(69)70)60(76)62-46/h3-20,29-32H,21-28,33-34H2,1-2H3,(H,61,75)(H,62,76)(H,67,68)(H,69,70). The highest BCUT2D eigenvalue weighted by molar-refractivity contribution is 6.17. The maximum absolute atomic E-state index is 14.3. The highest BCUT2D eigenvalue weighted by Gasteiger charge is 2.26. The highest BCUT2D eigenvalue weighted by Crippen LogP contribution is 2.36. The third-order valence-corrected chi connectivity index (χ3v) is 13.7. The molecule has 4 aromatic carbocycles. The normalized spacial score (nSPS) is 11.5. The Kier molecular flexibility index (Phi) is 15.8. The molecule has 0 atom stereocenters. The van der Waals surface area contributed by atoms with Crippen molar-refractivity contribution in [3.63, 3.8) is 0 Å². The summed E-state index contributed by atoms with van der Waals surface area (Å²) in [6, 6.07) is 34.7. The molecule has 6 heterocycles. The molecule has 0 saturated carbocycles. The Morgan fingerprint density at radius 2 is 0.864 bits per heavy atom. The number of carboxylic acids is 2. The number of carboxylic acid groups (broad SMARTS) is 2. The number of carbonyl (C=O) groups excluding carboxylic acids is 2. The number of aromatic nitrogens is 6. The number of carbonyl (C=O) groups is 4. The van der Waals surface area contributed by atoms with Crippen molar-refractivity contribution >= 4 is 56.3 Å².